The van der Waals surface area contributed by atoms with Crippen molar-refractivity contribution in [2.75, 3.05) is 19.8 Å². The van der Waals surface area contributed by atoms with Crippen molar-refractivity contribution < 1.29 is 28.2 Å². The number of amides is 1. The van der Waals surface area contributed by atoms with Gasteiger partial charge in [0.15, 0.2) is 11.5 Å². The number of hydrogen-bond acceptors (Lipinski definition) is 7. The van der Waals surface area contributed by atoms with Gasteiger partial charge in [-0.25, -0.2) is 4.79 Å². The lowest BCUT2D eigenvalue weighted by Crippen LogP contribution is -2.30. The van der Waals surface area contributed by atoms with E-state index in [1.54, 1.807) is 18.2 Å². The van der Waals surface area contributed by atoms with E-state index in [2.05, 4.69) is 5.32 Å². The summed E-state index contributed by atoms with van der Waals surface area (Å²) >= 11 is 0. The predicted octanol–water partition coefficient (Wildman–Crippen LogP) is 3.68. The molecule has 3 rings (SSSR count). The number of carbonyl (C=O) groups is 2. The summed E-state index contributed by atoms with van der Waals surface area (Å²) in [5, 5.41) is 3.23. The van der Waals surface area contributed by atoms with Crippen LogP contribution in [0.5, 0.6) is 11.5 Å². The Hall–Kier alpha value is -3.81. The summed E-state index contributed by atoms with van der Waals surface area (Å²) in [6.07, 6.45) is 0. The average molecular weight is 453 g/mol. The molecule has 0 fully saturated rings. The van der Waals surface area contributed by atoms with E-state index in [1.807, 2.05) is 39.8 Å². The molecule has 0 saturated carbocycles. The summed E-state index contributed by atoms with van der Waals surface area (Å²) in [7, 11) is 0. The zero-order valence-corrected chi connectivity index (χ0v) is 19.2. The molecule has 8 heteroatoms. The van der Waals surface area contributed by atoms with Crippen LogP contribution >= 0.6 is 0 Å². The summed E-state index contributed by atoms with van der Waals surface area (Å²) in [5.41, 5.74) is 2.67. The van der Waals surface area contributed by atoms with Crippen LogP contribution in [-0.4, -0.2) is 31.6 Å². The number of esters is 1. The molecule has 0 spiro atoms. The molecule has 0 atom stereocenters. The molecule has 0 saturated heterocycles. The van der Waals surface area contributed by atoms with E-state index in [4.69, 9.17) is 18.6 Å². The molecule has 0 aliphatic rings. The molecule has 174 valence electrons. The minimum Gasteiger partial charge on any atom is -0.490 e. The second-order valence-corrected chi connectivity index (χ2v) is 7.35. The summed E-state index contributed by atoms with van der Waals surface area (Å²) in [6, 6.07) is 9.85. The van der Waals surface area contributed by atoms with Crippen molar-refractivity contribution >= 4 is 22.8 Å². The first-order valence-electron chi connectivity index (χ1n) is 10.7. The standard InChI is InChI=1S/C25H27NO7/c1-5-30-20-10-8-17(11-21(20)31-6-2)25(29)26-13-23(28)32-14-18-12-22(27)33-24-16(4)15(3)7-9-19(18)24/h7-12H,5-6,13-14H2,1-4H3,(H,26,29). The van der Waals surface area contributed by atoms with E-state index >= 15 is 0 Å². The second kappa shape index (κ2) is 10.7. The molecular formula is C25H27NO7. The SMILES string of the molecule is CCOc1ccc(C(=O)NCC(=O)OCc2cc(=O)oc3c(C)c(C)ccc23)cc1OCC. The van der Waals surface area contributed by atoms with E-state index in [9.17, 15) is 14.4 Å². The van der Waals surface area contributed by atoms with E-state index in [0.29, 0.717) is 46.8 Å². The number of fused-ring (bicyclic) bond motifs is 1. The Kier molecular flexibility index (Phi) is 7.71. The summed E-state index contributed by atoms with van der Waals surface area (Å²) in [5.74, 6) is -0.0902. The Morgan fingerprint density at radius 2 is 1.70 bits per heavy atom. The Morgan fingerprint density at radius 1 is 0.970 bits per heavy atom. The summed E-state index contributed by atoms with van der Waals surface area (Å²) < 4.78 is 21.6. The monoisotopic (exact) mass is 453 g/mol. The number of hydrogen-bond donors (Lipinski definition) is 1. The van der Waals surface area contributed by atoms with Gasteiger partial charge in [0, 0.05) is 22.6 Å². The quantitative estimate of drug-likeness (QED) is 0.389. The lowest BCUT2D eigenvalue weighted by atomic mass is 10.0. The molecule has 2 aromatic carbocycles. The third kappa shape index (κ3) is 5.71. The third-order valence-corrected chi connectivity index (χ3v) is 5.10. The van der Waals surface area contributed by atoms with Crippen molar-refractivity contribution in [3.8, 4) is 11.5 Å². The van der Waals surface area contributed by atoms with Gasteiger partial charge >= 0.3 is 11.6 Å². The van der Waals surface area contributed by atoms with Crippen molar-refractivity contribution in [2.24, 2.45) is 0 Å². The fourth-order valence-electron chi connectivity index (χ4n) is 3.30. The number of rotatable bonds is 9. The van der Waals surface area contributed by atoms with Gasteiger partial charge in [-0.05, 0) is 57.0 Å². The zero-order chi connectivity index (χ0) is 24.0. The highest BCUT2D eigenvalue weighted by atomic mass is 16.5. The smallest absolute Gasteiger partial charge is 0.336 e. The first kappa shape index (κ1) is 23.8. The normalized spacial score (nSPS) is 10.7. The van der Waals surface area contributed by atoms with E-state index < -0.39 is 17.5 Å². The number of carbonyl (C=O) groups excluding carboxylic acids is 2. The van der Waals surface area contributed by atoms with Crippen molar-refractivity contribution in [1.29, 1.82) is 0 Å². The van der Waals surface area contributed by atoms with Crippen LogP contribution in [0, 0.1) is 13.8 Å². The molecule has 3 aromatic rings. The van der Waals surface area contributed by atoms with Gasteiger partial charge in [0.2, 0.25) is 0 Å². The van der Waals surface area contributed by atoms with Crippen LogP contribution in [-0.2, 0) is 16.1 Å². The Labute approximate surface area is 191 Å². The first-order chi connectivity index (χ1) is 15.8. The molecule has 33 heavy (non-hydrogen) atoms. The van der Waals surface area contributed by atoms with E-state index in [-0.39, 0.29) is 13.2 Å². The fourth-order valence-corrected chi connectivity index (χ4v) is 3.30. The molecular weight excluding hydrogens is 426 g/mol. The van der Waals surface area contributed by atoms with Crippen molar-refractivity contribution in [3.05, 3.63) is 69.1 Å². The maximum Gasteiger partial charge on any atom is 0.336 e. The molecule has 0 aliphatic carbocycles. The zero-order valence-electron chi connectivity index (χ0n) is 19.2. The molecule has 1 N–H and O–H groups in total. The summed E-state index contributed by atoms with van der Waals surface area (Å²) in [4.78, 5) is 36.6. The van der Waals surface area contributed by atoms with Crippen LogP contribution in [0.25, 0.3) is 11.0 Å². The van der Waals surface area contributed by atoms with Gasteiger partial charge in [-0.3, -0.25) is 9.59 Å². The molecule has 0 radical (unpaired) electrons. The highest BCUT2D eigenvalue weighted by Crippen LogP contribution is 2.28. The van der Waals surface area contributed by atoms with Crippen LogP contribution in [0.3, 0.4) is 0 Å². The maximum absolute atomic E-state index is 12.5. The molecule has 1 amide bonds. The number of nitrogens with one attached hydrogen (secondary N) is 1. The van der Waals surface area contributed by atoms with Gasteiger partial charge in [0.1, 0.15) is 18.7 Å². The Morgan fingerprint density at radius 3 is 2.42 bits per heavy atom. The Balaban J connectivity index is 1.63. The van der Waals surface area contributed by atoms with Crippen LogP contribution in [0.4, 0.5) is 0 Å². The molecule has 0 aliphatic heterocycles. The molecule has 1 heterocycles. The lowest BCUT2D eigenvalue weighted by molar-refractivity contribution is -0.143. The van der Waals surface area contributed by atoms with Gasteiger partial charge in [0.25, 0.3) is 5.91 Å². The summed E-state index contributed by atoms with van der Waals surface area (Å²) in [6.45, 7) is 7.92. The van der Waals surface area contributed by atoms with Crippen molar-refractivity contribution in [2.45, 2.75) is 34.3 Å². The highest BCUT2D eigenvalue weighted by Gasteiger charge is 2.15. The van der Waals surface area contributed by atoms with E-state index in [0.717, 1.165) is 11.1 Å². The molecule has 0 unspecified atom stereocenters. The molecule has 1 aromatic heterocycles. The largest absolute Gasteiger partial charge is 0.490 e. The number of benzene rings is 2. The van der Waals surface area contributed by atoms with Crippen LogP contribution < -0.4 is 20.4 Å². The predicted molar refractivity (Wildman–Crippen MR) is 123 cm³/mol. The minimum absolute atomic E-state index is 0.114. The Bertz CT molecular complexity index is 1230. The van der Waals surface area contributed by atoms with Crippen LogP contribution in [0.15, 0.2) is 45.6 Å². The maximum atomic E-state index is 12.5. The van der Waals surface area contributed by atoms with Gasteiger partial charge in [0.05, 0.1) is 13.2 Å². The van der Waals surface area contributed by atoms with Crippen LogP contribution in [0.1, 0.15) is 40.9 Å². The van der Waals surface area contributed by atoms with Gasteiger partial charge in [-0.1, -0.05) is 12.1 Å². The number of aryl methyl sites for hydroxylation is 2. The lowest BCUT2D eigenvalue weighted by Gasteiger charge is -2.12. The second-order valence-electron chi connectivity index (χ2n) is 7.35. The number of ether oxygens (including phenoxy) is 3. The highest BCUT2D eigenvalue weighted by molar-refractivity contribution is 5.96. The van der Waals surface area contributed by atoms with Crippen molar-refractivity contribution in [3.63, 3.8) is 0 Å². The van der Waals surface area contributed by atoms with Gasteiger partial charge in [-0.2, -0.15) is 0 Å². The topological polar surface area (TPSA) is 104 Å². The molecule has 8 nitrogen and oxygen atoms in total. The van der Waals surface area contributed by atoms with Gasteiger partial charge < -0.3 is 23.9 Å². The first-order valence-corrected chi connectivity index (χ1v) is 10.7. The van der Waals surface area contributed by atoms with Crippen LogP contribution in [0.2, 0.25) is 0 Å². The third-order valence-electron chi connectivity index (χ3n) is 5.10. The van der Waals surface area contributed by atoms with E-state index in [1.165, 1.54) is 6.07 Å². The fraction of sp³-hybridized carbons (Fsp3) is 0.320. The average Bonchev–Trinajstić information content (AvgIpc) is 2.80. The molecule has 0 bridgehead atoms. The van der Waals surface area contributed by atoms with Crippen molar-refractivity contribution in [1.82, 2.24) is 5.32 Å². The van der Waals surface area contributed by atoms with Gasteiger partial charge in [-0.15, -0.1) is 0 Å². The minimum atomic E-state index is -0.635.